The average molecular weight is 415 g/mol. The van der Waals surface area contributed by atoms with Gasteiger partial charge in [-0.3, -0.25) is 19.4 Å². The Morgan fingerprint density at radius 3 is 2.90 bits per heavy atom. The molecule has 148 valence electrons. The average Bonchev–Trinajstić information content (AvgIpc) is 3.29. The van der Waals surface area contributed by atoms with Gasteiger partial charge in [0, 0.05) is 31.7 Å². The second-order valence-corrected chi connectivity index (χ2v) is 7.22. The molecule has 0 aliphatic heterocycles. The minimum Gasteiger partial charge on any atom is -0.479 e. The first-order chi connectivity index (χ1) is 14.0. The molecule has 0 fully saturated rings. The number of nitrogens with zero attached hydrogens (tertiary/aromatic N) is 5. The van der Waals surface area contributed by atoms with Crippen molar-refractivity contribution in [1.82, 2.24) is 19.7 Å². The summed E-state index contributed by atoms with van der Waals surface area (Å²) in [5.74, 6) is -1.76. The molecule has 0 aliphatic rings. The maximum Gasteiger partial charge on any atom is 0.267 e. The lowest BCUT2D eigenvalue weighted by molar-refractivity contribution is 0.0982. The van der Waals surface area contributed by atoms with Crippen LogP contribution < -0.4 is 9.64 Å². The van der Waals surface area contributed by atoms with E-state index < -0.39 is 17.5 Å². The Morgan fingerprint density at radius 2 is 2.17 bits per heavy atom. The fourth-order valence-corrected chi connectivity index (χ4v) is 3.88. The standard InChI is InChI=1S/C19H15F2N5O2S/c1-25-10-13(17(24-25)28-2)18(27)26(9-11-4-3-5-22-8-11)19-23-16-14(21)6-12(20)7-15(16)29-19/h3-8,10H,9H2,1-2H3. The zero-order valence-corrected chi connectivity index (χ0v) is 16.3. The molecule has 0 unspecified atom stereocenters. The van der Waals surface area contributed by atoms with Gasteiger partial charge in [-0.25, -0.2) is 13.8 Å². The van der Waals surface area contributed by atoms with Crippen LogP contribution in [0.5, 0.6) is 5.88 Å². The summed E-state index contributed by atoms with van der Waals surface area (Å²) in [5.41, 5.74) is 0.980. The van der Waals surface area contributed by atoms with Crippen LogP contribution in [0.3, 0.4) is 0 Å². The number of hydrogen-bond acceptors (Lipinski definition) is 6. The van der Waals surface area contributed by atoms with Crippen molar-refractivity contribution >= 4 is 32.6 Å². The number of rotatable bonds is 5. The second-order valence-electron chi connectivity index (χ2n) is 6.21. The Labute approximate surface area is 168 Å². The van der Waals surface area contributed by atoms with E-state index in [1.165, 1.54) is 29.0 Å². The summed E-state index contributed by atoms with van der Waals surface area (Å²) < 4.78 is 34.7. The van der Waals surface area contributed by atoms with Crippen molar-refractivity contribution in [3.63, 3.8) is 0 Å². The van der Waals surface area contributed by atoms with Crippen LogP contribution in [0.4, 0.5) is 13.9 Å². The molecule has 0 radical (unpaired) electrons. The second kappa shape index (κ2) is 7.55. The fraction of sp³-hybridized carbons (Fsp3) is 0.158. The number of carbonyl (C=O) groups is 1. The fourth-order valence-electron chi connectivity index (χ4n) is 2.87. The minimum absolute atomic E-state index is 0.00791. The summed E-state index contributed by atoms with van der Waals surface area (Å²) in [4.78, 5) is 23.0. The first-order valence-corrected chi connectivity index (χ1v) is 9.32. The number of carbonyl (C=O) groups excluding carboxylic acids is 1. The number of aromatic nitrogens is 4. The number of hydrogen-bond donors (Lipinski definition) is 0. The van der Waals surface area contributed by atoms with Crippen LogP contribution >= 0.6 is 11.3 Å². The smallest absolute Gasteiger partial charge is 0.267 e. The number of pyridine rings is 1. The number of amides is 1. The van der Waals surface area contributed by atoms with Gasteiger partial charge < -0.3 is 4.74 Å². The van der Waals surface area contributed by atoms with Crippen LogP contribution in [0.1, 0.15) is 15.9 Å². The largest absolute Gasteiger partial charge is 0.479 e. The van der Waals surface area contributed by atoms with Gasteiger partial charge in [-0.1, -0.05) is 17.4 Å². The number of fused-ring (bicyclic) bond motifs is 1. The summed E-state index contributed by atoms with van der Waals surface area (Å²) in [6.45, 7) is 0.134. The molecule has 0 aliphatic carbocycles. The summed E-state index contributed by atoms with van der Waals surface area (Å²) in [7, 11) is 3.08. The number of benzene rings is 1. The van der Waals surface area contributed by atoms with E-state index >= 15 is 0 Å². The normalized spacial score (nSPS) is 11.0. The number of aryl methyl sites for hydroxylation is 1. The minimum atomic E-state index is -0.782. The van der Waals surface area contributed by atoms with Gasteiger partial charge in [-0.2, -0.15) is 0 Å². The monoisotopic (exact) mass is 415 g/mol. The maximum atomic E-state index is 14.2. The molecule has 0 N–H and O–H groups in total. The van der Waals surface area contributed by atoms with Crippen molar-refractivity contribution in [1.29, 1.82) is 0 Å². The van der Waals surface area contributed by atoms with Gasteiger partial charge in [0.15, 0.2) is 10.9 Å². The van der Waals surface area contributed by atoms with Gasteiger partial charge in [0.1, 0.15) is 16.9 Å². The molecule has 10 heteroatoms. The van der Waals surface area contributed by atoms with Gasteiger partial charge in [0.25, 0.3) is 5.91 Å². The van der Waals surface area contributed by atoms with E-state index in [-0.39, 0.29) is 28.6 Å². The molecule has 4 aromatic rings. The molecule has 4 rings (SSSR count). The van der Waals surface area contributed by atoms with Crippen molar-refractivity contribution in [3.05, 3.63) is 65.6 Å². The SMILES string of the molecule is COc1nn(C)cc1C(=O)N(Cc1cccnc1)c1nc2c(F)cc(F)cc2s1. The van der Waals surface area contributed by atoms with Crippen LogP contribution in [0.15, 0.2) is 42.9 Å². The first kappa shape index (κ1) is 18.9. The number of ether oxygens (including phenoxy) is 1. The number of methoxy groups -OCH3 is 1. The van der Waals surface area contributed by atoms with E-state index in [1.807, 2.05) is 0 Å². The predicted molar refractivity (Wildman–Crippen MR) is 104 cm³/mol. The van der Waals surface area contributed by atoms with E-state index in [9.17, 15) is 13.6 Å². The number of halogens is 2. The lowest BCUT2D eigenvalue weighted by Crippen LogP contribution is -2.30. The van der Waals surface area contributed by atoms with E-state index in [0.717, 1.165) is 23.0 Å². The highest BCUT2D eigenvalue weighted by atomic mass is 32.1. The zero-order valence-electron chi connectivity index (χ0n) is 15.5. The van der Waals surface area contributed by atoms with Crippen LogP contribution in [-0.2, 0) is 13.6 Å². The zero-order chi connectivity index (χ0) is 20.5. The molecular formula is C19H15F2N5O2S. The molecule has 3 heterocycles. The van der Waals surface area contributed by atoms with Crippen LogP contribution in [0.25, 0.3) is 10.2 Å². The summed E-state index contributed by atoms with van der Waals surface area (Å²) in [5, 5.41) is 4.34. The van der Waals surface area contributed by atoms with Crippen molar-refractivity contribution in [2.45, 2.75) is 6.54 Å². The van der Waals surface area contributed by atoms with E-state index in [1.54, 1.807) is 31.6 Å². The highest BCUT2D eigenvalue weighted by Crippen LogP contribution is 2.33. The third kappa shape index (κ3) is 3.66. The van der Waals surface area contributed by atoms with Crippen molar-refractivity contribution < 1.29 is 18.3 Å². The van der Waals surface area contributed by atoms with Gasteiger partial charge >= 0.3 is 0 Å². The third-order valence-corrected chi connectivity index (χ3v) is 5.19. The third-order valence-electron chi connectivity index (χ3n) is 4.16. The summed E-state index contributed by atoms with van der Waals surface area (Å²) in [6.07, 6.45) is 4.77. The molecule has 0 bridgehead atoms. The molecule has 3 aromatic heterocycles. The van der Waals surface area contributed by atoms with Gasteiger partial charge in [0.2, 0.25) is 5.88 Å². The van der Waals surface area contributed by atoms with Crippen LogP contribution in [0.2, 0.25) is 0 Å². The van der Waals surface area contributed by atoms with Gasteiger partial charge in [-0.15, -0.1) is 5.10 Å². The molecule has 0 saturated heterocycles. The quantitative estimate of drug-likeness (QED) is 0.498. The van der Waals surface area contributed by atoms with Crippen molar-refractivity contribution in [3.8, 4) is 5.88 Å². The van der Waals surface area contributed by atoms with Gasteiger partial charge in [-0.05, 0) is 17.7 Å². The molecule has 29 heavy (non-hydrogen) atoms. The molecule has 1 aromatic carbocycles. The number of anilines is 1. The summed E-state index contributed by atoms with van der Waals surface area (Å²) >= 11 is 1.02. The Hall–Kier alpha value is -3.40. The van der Waals surface area contributed by atoms with Crippen LogP contribution in [0, 0.1) is 11.6 Å². The summed E-state index contributed by atoms with van der Waals surface area (Å²) in [6, 6.07) is 5.51. The highest BCUT2D eigenvalue weighted by molar-refractivity contribution is 7.22. The molecule has 0 spiro atoms. The maximum absolute atomic E-state index is 14.2. The Bertz CT molecular complexity index is 1190. The number of thiazole rings is 1. The van der Waals surface area contributed by atoms with Crippen molar-refractivity contribution in [2.75, 3.05) is 12.0 Å². The van der Waals surface area contributed by atoms with E-state index in [0.29, 0.717) is 4.70 Å². The Balaban J connectivity index is 1.82. The van der Waals surface area contributed by atoms with E-state index in [4.69, 9.17) is 4.74 Å². The molecular weight excluding hydrogens is 400 g/mol. The Kier molecular flexibility index (Phi) is 4.93. The van der Waals surface area contributed by atoms with Crippen molar-refractivity contribution in [2.24, 2.45) is 7.05 Å². The lowest BCUT2D eigenvalue weighted by Gasteiger charge is -2.19. The lowest BCUT2D eigenvalue weighted by atomic mass is 10.2. The predicted octanol–water partition coefficient (Wildman–Crippen LogP) is 3.56. The topological polar surface area (TPSA) is 73.1 Å². The Morgan fingerprint density at radius 1 is 1.34 bits per heavy atom. The van der Waals surface area contributed by atoms with E-state index in [2.05, 4.69) is 15.1 Å². The molecule has 7 nitrogen and oxygen atoms in total. The van der Waals surface area contributed by atoms with Crippen LogP contribution in [-0.4, -0.2) is 32.8 Å². The van der Waals surface area contributed by atoms with Gasteiger partial charge in [0.05, 0.1) is 18.4 Å². The molecule has 0 atom stereocenters. The highest BCUT2D eigenvalue weighted by Gasteiger charge is 2.27. The first-order valence-electron chi connectivity index (χ1n) is 8.50. The molecule has 1 amide bonds. The molecule has 0 saturated carbocycles.